The lowest BCUT2D eigenvalue weighted by Gasteiger charge is -2.14. The number of aliphatic hydroxyl groups is 1. The lowest BCUT2D eigenvalue weighted by Crippen LogP contribution is -2.38. The number of carbonyl (C=O) groups excluding carboxylic acids is 1. The fourth-order valence-electron chi connectivity index (χ4n) is 3.61. The van der Waals surface area contributed by atoms with Crippen molar-refractivity contribution in [3.63, 3.8) is 0 Å². The van der Waals surface area contributed by atoms with E-state index in [2.05, 4.69) is 16.0 Å². The molecule has 1 unspecified atom stereocenters. The Bertz CT molecular complexity index is 909. The van der Waals surface area contributed by atoms with E-state index in [0.29, 0.717) is 38.2 Å². The van der Waals surface area contributed by atoms with Crippen LogP contribution >= 0.6 is 0 Å². The summed E-state index contributed by atoms with van der Waals surface area (Å²) in [5.41, 5.74) is 0.228. The molecule has 1 fully saturated rings. The van der Waals surface area contributed by atoms with Crippen molar-refractivity contribution in [1.82, 2.24) is 10.6 Å². The molecule has 2 aromatic rings. The monoisotopic (exact) mass is 491 g/mol. The predicted octanol–water partition coefficient (Wildman–Crippen LogP) is 3.02. The molecule has 0 bridgehead atoms. The highest BCUT2D eigenvalue weighted by Crippen LogP contribution is 2.21. The van der Waals surface area contributed by atoms with Crippen LogP contribution in [0.1, 0.15) is 25.7 Å². The summed E-state index contributed by atoms with van der Waals surface area (Å²) in [6.07, 6.45) is 4.45. The lowest BCUT2D eigenvalue weighted by molar-refractivity contribution is 0.0382. The zero-order valence-corrected chi connectivity index (χ0v) is 19.7. The highest BCUT2D eigenvalue weighted by Gasteiger charge is 2.14. The van der Waals surface area contributed by atoms with Gasteiger partial charge in [-0.3, -0.25) is 0 Å². The molecule has 2 amide bonds. The number of rotatable bonds is 14. The topological polar surface area (TPSA) is 121 Å². The number of benzene rings is 2. The summed E-state index contributed by atoms with van der Waals surface area (Å²) in [5.74, 6) is 0.0679. The molecule has 1 aliphatic rings. The molecule has 9 nitrogen and oxygen atoms in total. The Morgan fingerprint density at radius 1 is 1.03 bits per heavy atom. The van der Waals surface area contributed by atoms with Crippen molar-refractivity contribution in [3.05, 3.63) is 48.3 Å². The second-order valence-corrected chi connectivity index (χ2v) is 8.31. The van der Waals surface area contributed by atoms with Crippen LogP contribution < -0.4 is 25.4 Å². The number of hydrogen-bond donors (Lipinski definition) is 5. The van der Waals surface area contributed by atoms with Crippen molar-refractivity contribution in [1.29, 1.82) is 0 Å². The van der Waals surface area contributed by atoms with Gasteiger partial charge in [-0.2, -0.15) is 0 Å². The number of ether oxygens (including phenoxy) is 3. The van der Waals surface area contributed by atoms with Crippen LogP contribution in [0.5, 0.6) is 17.2 Å². The van der Waals surface area contributed by atoms with Crippen LogP contribution in [0.3, 0.4) is 0 Å². The van der Waals surface area contributed by atoms with E-state index >= 15 is 0 Å². The van der Waals surface area contributed by atoms with E-state index < -0.39 is 23.7 Å². The number of nitrogens with one attached hydrogen (secondary N) is 3. The molecule has 0 aliphatic heterocycles. The molecule has 1 aliphatic carbocycles. The van der Waals surface area contributed by atoms with Crippen molar-refractivity contribution in [2.45, 2.75) is 37.9 Å². The molecule has 0 heterocycles. The molecule has 35 heavy (non-hydrogen) atoms. The first-order chi connectivity index (χ1) is 17.0. The number of halogens is 1. The highest BCUT2D eigenvalue weighted by molar-refractivity contribution is 5.89. The fourth-order valence-corrected chi connectivity index (χ4v) is 3.61. The number of carbonyl (C=O) groups is 1. The summed E-state index contributed by atoms with van der Waals surface area (Å²) >= 11 is 0. The third-order valence-electron chi connectivity index (χ3n) is 5.45. The van der Waals surface area contributed by atoms with E-state index in [0.717, 1.165) is 30.7 Å². The molecule has 0 saturated heterocycles. The van der Waals surface area contributed by atoms with Gasteiger partial charge in [0.1, 0.15) is 30.8 Å². The fraction of sp³-hybridized carbons (Fsp3) is 0.480. The van der Waals surface area contributed by atoms with E-state index in [-0.39, 0.29) is 18.8 Å². The zero-order chi connectivity index (χ0) is 24.9. The largest absolute Gasteiger partial charge is 0.505 e. The van der Waals surface area contributed by atoms with Crippen LogP contribution in [0, 0.1) is 5.82 Å². The minimum absolute atomic E-state index is 0.114. The standard InChI is InChI=1S/C25H34FN3O6/c26-23-15-18(5-10-24(23)31)29-25(32)28-12-11-27-16-19(30)17-35-22-8-6-21(7-9-22)34-14-13-33-20-3-1-2-4-20/h5-10,15,19-20,27,30-31H,1-4,11-14,16-17H2,(H2,28,29,32). The molecule has 0 aromatic heterocycles. The first kappa shape index (κ1) is 26.5. The Balaban J connectivity index is 1.20. The average Bonchev–Trinajstić information content (AvgIpc) is 3.37. The van der Waals surface area contributed by atoms with Gasteiger partial charge in [-0.25, -0.2) is 9.18 Å². The Kier molecular flexibility index (Phi) is 10.9. The number of anilines is 1. The van der Waals surface area contributed by atoms with Crippen molar-refractivity contribution >= 4 is 11.7 Å². The summed E-state index contributed by atoms with van der Waals surface area (Å²) in [7, 11) is 0. The molecular weight excluding hydrogens is 457 g/mol. The van der Waals surface area contributed by atoms with Gasteiger partial charge >= 0.3 is 6.03 Å². The summed E-state index contributed by atoms with van der Waals surface area (Å²) in [6.45, 7) is 2.21. The quantitative estimate of drug-likeness (QED) is 0.203. The first-order valence-corrected chi connectivity index (χ1v) is 11.9. The summed E-state index contributed by atoms with van der Waals surface area (Å²) in [4.78, 5) is 11.8. The van der Waals surface area contributed by atoms with Crippen LogP contribution in [0.15, 0.2) is 42.5 Å². The van der Waals surface area contributed by atoms with E-state index in [9.17, 15) is 14.3 Å². The predicted molar refractivity (Wildman–Crippen MR) is 130 cm³/mol. The maximum Gasteiger partial charge on any atom is 0.319 e. The molecule has 0 spiro atoms. The van der Waals surface area contributed by atoms with Gasteiger partial charge in [0.2, 0.25) is 0 Å². The number of phenolic OH excluding ortho intramolecular Hbond substituents is 1. The van der Waals surface area contributed by atoms with Gasteiger partial charge in [0.25, 0.3) is 0 Å². The number of urea groups is 1. The third-order valence-corrected chi connectivity index (χ3v) is 5.45. The Labute approximate surface area is 204 Å². The lowest BCUT2D eigenvalue weighted by atomic mass is 10.3. The van der Waals surface area contributed by atoms with Crippen LogP contribution in [0.25, 0.3) is 0 Å². The average molecular weight is 492 g/mol. The minimum atomic E-state index is -0.815. The van der Waals surface area contributed by atoms with E-state index in [1.54, 1.807) is 12.1 Å². The normalized spacial score (nSPS) is 14.5. The van der Waals surface area contributed by atoms with Crippen LogP contribution in [0.4, 0.5) is 14.9 Å². The number of aromatic hydroxyl groups is 1. The smallest absolute Gasteiger partial charge is 0.319 e. The number of phenols is 1. The Morgan fingerprint density at radius 3 is 2.46 bits per heavy atom. The number of amides is 2. The van der Waals surface area contributed by atoms with Crippen LogP contribution in [0.2, 0.25) is 0 Å². The molecule has 10 heteroatoms. The minimum Gasteiger partial charge on any atom is -0.505 e. The van der Waals surface area contributed by atoms with E-state index in [1.807, 2.05) is 12.1 Å². The first-order valence-electron chi connectivity index (χ1n) is 11.9. The maximum atomic E-state index is 13.3. The molecule has 1 saturated carbocycles. The second kappa shape index (κ2) is 14.3. The van der Waals surface area contributed by atoms with Crippen molar-refractivity contribution < 1.29 is 33.6 Å². The SMILES string of the molecule is O=C(NCCNCC(O)COc1ccc(OCCOC2CCCC2)cc1)Nc1ccc(O)c(F)c1. The molecule has 0 radical (unpaired) electrons. The van der Waals surface area contributed by atoms with E-state index in [1.165, 1.54) is 18.9 Å². The molecule has 2 aromatic carbocycles. The summed E-state index contributed by atoms with van der Waals surface area (Å²) < 4.78 is 30.3. The van der Waals surface area contributed by atoms with Crippen LogP contribution in [-0.4, -0.2) is 67.9 Å². The van der Waals surface area contributed by atoms with Gasteiger partial charge in [0.05, 0.1) is 12.7 Å². The molecule has 5 N–H and O–H groups in total. The summed E-state index contributed by atoms with van der Waals surface area (Å²) in [6, 6.07) is 10.3. The van der Waals surface area contributed by atoms with Gasteiger partial charge in [0, 0.05) is 31.4 Å². The number of hydrogen-bond acceptors (Lipinski definition) is 7. The van der Waals surface area contributed by atoms with Crippen molar-refractivity contribution in [2.75, 3.05) is 44.8 Å². The Hall–Kier alpha value is -3.08. The summed E-state index contributed by atoms with van der Waals surface area (Å²) in [5, 5.41) is 27.3. The van der Waals surface area contributed by atoms with Gasteiger partial charge < -0.3 is 40.4 Å². The maximum absolute atomic E-state index is 13.3. The second-order valence-electron chi connectivity index (χ2n) is 8.31. The molecule has 3 rings (SSSR count). The number of aliphatic hydroxyl groups excluding tert-OH is 1. The van der Waals surface area contributed by atoms with Gasteiger partial charge in [-0.05, 0) is 49.2 Å². The molecule has 1 atom stereocenters. The van der Waals surface area contributed by atoms with Gasteiger partial charge in [-0.1, -0.05) is 12.8 Å². The van der Waals surface area contributed by atoms with E-state index in [4.69, 9.17) is 19.3 Å². The zero-order valence-electron chi connectivity index (χ0n) is 19.7. The van der Waals surface area contributed by atoms with Crippen LogP contribution in [-0.2, 0) is 4.74 Å². The van der Waals surface area contributed by atoms with Gasteiger partial charge in [0.15, 0.2) is 11.6 Å². The van der Waals surface area contributed by atoms with Gasteiger partial charge in [-0.15, -0.1) is 0 Å². The third kappa shape index (κ3) is 9.97. The highest BCUT2D eigenvalue weighted by atomic mass is 19.1. The van der Waals surface area contributed by atoms with Crippen molar-refractivity contribution in [3.8, 4) is 17.2 Å². The molecular formula is C25H34FN3O6. The molecule has 192 valence electrons. The Morgan fingerprint density at radius 2 is 1.74 bits per heavy atom. The van der Waals surface area contributed by atoms with Crippen molar-refractivity contribution in [2.24, 2.45) is 0 Å².